The minimum atomic E-state index is 0.331. The van der Waals surface area contributed by atoms with E-state index in [1.165, 1.54) is 0 Å². The molecule has 1 aromatic heterocycles. The number of hydrogen-bond acceptors (Lipinski definition) is 5. The Hall–Kier alpha value is -2.43. The molecular formula is C14H16N2O3. The van der Waals surface area contributed by atoms with Gasteiger partial charge in [0.25, 0.3) is 0 Å². The van der Waals surface area contributed by atoms with Gasteiger partial charge in [-0.25, -0.2) is 4.98 Å². The highest BCUT2D eigenvalue weighted by molar-refractivity contribution is 5.51. The van der Waals surface area contributed by atoms with E-state index in [4.69, 9.17) is 19.9 Å². The van der Waals surface area contributed by atoms with Crippen molar-refractivity contribution in [2.75, 3.05) is 20.0 Å². The fraction of sp³-hybridized carbons (Fsp3) is 0.214. The van der Waals surface area contributed by atoms with Gasteiger partial charge >= 0.3 is 0 Å². The van der Waals surface area contributed by atoms with Gasteiger partial charge in [-0.1, -0.05) is 6.07 Å². The third-order valence-corrected chi connectivity index (χ3v) is 2.55. The highest BCUT2D eigenvalue weighted by Crippen LogP contribution is 2.29. The summed E-state index contributed by atoms with van der Waals surface area (Å²) in [5.74, 6) is 1.79. The molecule has 0 amide bonds. The molecule has 0 saturated heterocycles. The quantitative estimate of drug-likeness (QED) is 0.835. The molecule has 100 valence electrons. The number of nitrogens with two attached hydrogens (primary N) is 1. The Morgan fingerprint density at radius 3 is 2.63 bits per heavy atom. The van der Waals surface area contributed by atoms with Gasteiger partial charge in [-0.3, -0.25) is 0 Å². The number of anilines is 1. The lowest BCUT2D eigenvalue weighted by Crippen LogP contribution is -2.01. The lowest BCUT2D eigenvalue weighted by molar-refractivity contribution is 0.278. The third-order valence-electron chi connectivity index (χ3n) is 2.55. The van der Waals surface area contributed by atoms with Gasteiger partial charge in [0.05, 0.1) is 19.9 Å². The fourth-order valence-corrected chi connectivity index (χ4v) is 1.61. The lowest BCUT2D eigenvalue weighted by atomic mass is 10.3. The predicted octanol–water partition coefficient (Wildman–Crippen LogP) is 2.26. The molecule has 0 aliphatic rings. The van der Waals surface area contributed by atoms with Crippen LogP contribution in [0.2, 0.25) is 0 Å². The summed E-state index contributed by atoms with van der Waals surface area (Å²) >= 11 is 0. The molecule has 1 aromatic carbocycles. The summed E-state index contributed by atoms with van der Waals surface area (Å²) in [5.41, 5.74) is 7.09. The monoisotopic (exact) mass is 260 g/mol. The third kappa shape index (κ3) is 3.28. The first kappa shape index (κ1) is 13.0. The maximum atomic E-state index is 5.68. The topological polar surface area (TPSA) is 66.6 Å². The zero-order valence-electron chi connectivity index (χ0n) is 10.9. The number of rotatable bonds is 5. The Labute approximate surface area is 111 Å². The summed E-state index contributed by atoms with van der Waals surface area (Å²) in [6.07, 6.45) is 0. The highest BCUT2D eigenvalue weighted by atomic mass is 16.5. The summed E-state index contributed by atoms with van der Waals surface area (Å²) in [5, 5.41) is 0. The zero-order chi connectivity index (χ0) is 13.7. The van der Waals surface area contributed by atoms with E-state index in [0.29, 0.717) is 29.7 Å². The van der Waals surface area contributed by atoms with Crippen LogP contribution in [-0.2, 0) is 6.61 Å². The van der Waals surface area contributed by atoms with E-state index in [2.05, 4.69) is 4.98 Å². The molecule has 0 radical (unpaired) electrons. The van der Waals surface area contributed by atoms with Gasteiger partial charge in [-0.15, -0.1) is 0 Å². The number of pyridine rings is 1. The Balaban J connectivity index is 2.09. The summed E-state index contributed by atoms with van der Waals surface area (Å²) in [6.45, 7) is 0.331. The molecule has 0 atom stereocenters. The van der Waals surface area contributed by atoms with Crippen LogP contribution in [0.4, 0.5) is 5.69 Å². The molecule has 0 aliphatic carbocycles. The molecule has 0 saturated carbocycles. The lowest BCUT2D eigenvalue weighted by Gasteiger charge is -2.11. The normalized spacial score (nSPS) is 10.0. The predicted molar refractivity (Wildman–Crippen MR) is 72.5 cm³/mol. The van der Waals surface area contributed by atoms with Crippen molar-refractivity contribution in [3.63, 3.8) is 0 Å². The minimum absolute atomic E-state index is 0.331. The summed E-state index contributed by atoms with van der Waals surface area (Å²) < 4.78 is 15.9. The average Bonchev–Trinajstić information content (AvgIpc) is 2.46. The Morgan fingerprint density at radius 2 is 1.89 bits per heavy atom. The van der Waals surface area contributed by atoms with E-state index in [9.17, 15) is 0 Å². The largest absolute Gasteiger partial charge is 0.493 e. The first-order valence-electron chi connectivity index (χ1n) is 5.79. The van der Waals surface area contributed by atoms with Gasteiger partial charge < -0.3 is 19.9 Å². The first-order valence-corrected chi connectivity index (χ1v) is 5.79. The second-order valence-corrected chi connectivity index (χ2v) is 3.87. The van der Waals surface area contributed by atoms with Gasteiger partial charge in [0.15, 0.2) is 11.5 Å². The van der Waals surface area contributed by atoms with Crippen LogP contribution in [-0.4, -0.2) is 19.2 Å². The number of aromatic nitrogens is 1. The minimum Gasteiger partial charge on any atom is -0.493 e. The van der Waals surface area contributed by atoms with Crippen LogP contribution in [0.5, 0.6) is 17.4 Å². The van der Waals surface area contributed by atoms with Crippen molar-refractivity contribution in [3.05, 3.63) is 42.1 Å². The van der Waals surface area contributed by atoms with E-state index >= 15 is 0 Å². The second kappa shape index (κ2) is 5.95. The Bertz CT molecular complexity index is 558. The Kier molecular flexibility index (Phi) is 4.07. The van der Waals surface area contributed by atoms with Gasteiger partial charge in [0.1, 0.15) is 6.61 Å². The fourth-order valence-electron chi connectivity index (χ4n) is 1.61. The number of methoxy groups -OCH3 is 2. The second-order valence-electron chi connectivity index (χ2n) is 3.87. The molecular weight excluding hydrogens is 244 g/mol. The molecule has 2 N–H and O–H groups in total. The van der Waals surface area contributed by atoms with Crippen molar-refractivity contribution >= 4 is 5.69 Å². The van der Waals surface area contributed by atoms with E-state index in [-0.39, 0.29) is 0 Å². The SMILES string of the molecule is COc1cccc(COc2ccc(N)cc2OC)n1. The first-order chi connectivity index (χ1) is 9.22. The van der Waals surface area contributed by atoms with Gasteiger partial charge in [-0.05, 0) is 18.2 Å². The highest BCUT2D eigenvalue weighted by Gasteiger charge is 2.06. The standard InChI is InChI=1S/C14H16N2O3/c1-17-13-8-10(15)6-7-12(13)19-9-11-4-3-5-14(16-11)18-2/h3-8H,9,15H2,1-2H3. The van der Waals surface area contributed by atoms with E-state index < -0.39 is 0 Å². The van der Waals surface area contributed by atoms with Gasteiger partial charge in [0.2, 0.25) is 5.88 Å². The van der Waals surface area contributed by atoms with Gasteiger partial charge in [-0.2, -0.15) is 0 Å². The Morgan fingerprint density at radius 1 is 1.05 bits per heavy atom. The molecule has 0 aliphatic heterocycles. The van der Waals surface area contributed by atoms with Crippen LogP contribution < -0.4 is 19.9 Å². The van der Waals surface area contributed by atoms with Crippen molar-refractivity contribution in [2.45, 2.75) is 6.61 Å². The van der Waals surface area contributed by atoms with Crippen LogP contribution in [0.25, 0.3) is 0 Å². The molecule has 19 heavy (non-hydrogen) atoms. The smallest absolute Gasteiger partial charge is 0.213 e. The van der Waals surface area contributed by atoms with E-state index in [1.807, 2.05) is 12.1 Å². The molecule has 0 unspecified atom stereocenters. The summed E-state index contributed by atoms with van der Waals surface area (Å²) in [7, 11) is 3.15. The van der Waals surface area contributed by atoms with E-state index in [0.717, 1.165) is 5.69 Å². The molecule has 1 heterocycles. The number of benzene rings is 1. The summed E-state index contributed by atoms with van der Waals surface area (Å²) in [4.78, 5) is 4.27. The zero-order valence-corrected chi connectivity index (χ0v) is 10.9. The number of nitrogen functional groups attached to an aromatic ring is 1. The van der Waals surface area contributed by atoms with Crippen molar-refractivity contribution in [3.8, 4) is 17.4 Å². The molecule has 5 nitrogen and oxygen atoms in total. The summed E-state index contributed by atoms with van der Waals surface area (Å²) in [6, 6.07) is 10.8. The van der Waals surface area contributed by atoms with Crippen molar-refractivity contribution < 1.29 is 14.2 Å². The molecule has 0 bridgehead atoms. The molecule has 2 rings (SSSR count). The molecule has 2 aromatic rings. The van der Waals surface area contributed by atoms with Crippen molar-refractivity contribution in [2.24, 2.45) is 0 Å². The maximum absolute atomic E-state index is 5.68. The molecule has 5 heteroatoms. The van der Waals surface area contributed by atoms with Crippen molar-refractivity contribution in [1.82, 2.24) is 4.98 Å². The van der Waals surface area contributed by atoms with Crippen LogP contribution in [0.1, 0.15) is 5.69 Å². The van der Waals surface area contributed by atoms with Crippen LogP contribution >= 0.6 is 0 Å². The molecule has 0 spiro atoms. The average molecular weight is 260 g/mol. The maximum Gasteiger partial charge on any atom is 0.213 e. The van der Waals surface area contributed by atoms with Crippen LogP contribution in [0.3, 0.4) is 0 Å². The van der Waals surface area contributed by atoms with Crippen LogP contribution in [0.15, 0.2) is 36.4 Å². The van der Waals surface area contributed by atoms with Crippen LogP contribution in [0, 0.1) is 0 Å². The van der Waals surface area contributed by atoms with E-state index in [1.54, 1.807) is 38.5 Å². The number of nitrogens with zero attached hydrogens (tertiary/aromatic N) is 1. The van der Waals surface area contributed by atoms with Gasteiger partial charge in [0, 0.05) is 17.8 Å². The number of ether oxygens (including phenoxy) is 3. The molecule has 0 fully saturated rings. The number of hydrogen-bond donors (Lipinski definition) is 1. The van der Waals surface area contributed by atoms with Crippen molar-refractivity contribution in [1.29, 1.82) is 0 Å².